The van der Waals surface area contributed by atoms with Crippen LogP contribution >= 0.6 is 34.8 Å². The van der Waals surface area contributed by atoms with Crippen molar-refractivity contribution in [1.82, 2.24) is 4.90 Å². The van der Waals surface area contributed by atoms with Gasteiger partial charge in [0.15, 0.2) is 0 Å². The third-order valence-corrected chi connectivity index (χ3v) is 6.76. The molecule has 1 saturated heterocycles. The maximum Gasteiger partial charge on any atom is 0.435 e. The quantitative estimate of drug-likeness (QED) is 0.542. The van der Waals surface area contributed by atoms with Gasteiger partial charge in [-0.25, -0.2) is 4.79 Å². The number of aliphatic hydroxyl groups is 1. The van der Waals surface area contributed by atoms with Gasteiger partial charge in [0.2, 0.25) is 0 Å². The minimum atomic E-state index is -4.85. The van der Waals surface area contributed by atoms with Crippen LogP contribution in [-0.2, 0) is 16.0 Å². The number of carbonyl (C=O) groups is 1. The number of benzene rings is 2. The van der Waals surface area contributed by atoms with Crippen LogP contribution in [0.2, 0.25) is 15.1 Å². The van der Waals surface area contributed by atoms with Crippen LogP contribution in [0.25, 0.3) is 0 Å². The molecule has 2 heterocycles. The van der Waals surface area contributed by atoms with Crippen molar-refractivity contribution in [3.05, 3.63) is 68.2 Å². The van der Waals surface area contributed by atoms with E-state index in [2.05, 4.69) is 5.16 Å². The molecule has 1 unspecified atom stereocenters. The summed E-state index contributed by atoms with van der Waals surface area (Å²) in [6.07, 6.45) is -6.63. The van der Waals surface area contributed by atoms with Gasteiger partial charge < -0.3 is 20.0 Å². The molecule has 0 spiro atoms. The fraction of sp³-hybridized carbons (Fsp3) is 0.300. The molecule has 1 atom stereocenters. The first-order valence-electron chi connectivity index (χ1n) is 9.14. The zero-order chi connectivity index (χ0) is 23.5. The van der Waals surface area contributed by atoms with Gasteiger partial charge in [-0.3, -0.25) is 0 Å². The highest BCUT2D eigenvalue weighted by atomic mass is 35.5. The highest BCUT2D eigenvalue weighted by molar-refractivity contribution is 6.48. The van der Waals surface area contributed by atoms with Crippen molar-refractivity contribution in [3.63, 3.8) is 0 Å². The van der Waals surface area contributed by atoms with E-state index >= 15 is 0 Å². The molecule has 0 radical (unpaired) electrons. The predicted octanol–water partition coefficient (Wildman–Crippen LogP) is 5.41. The van der Waals surface area contributed by atoms with Gasteiger partial charge >= 0.3 is 12.3 Å². The summed E-state index contributed by atoms with van der Waals surface area (Å²) in [5, 5.41) is 22.8. The summed E-state index contributed by atoms with van der Waals surface area (Å²) in [4.78, 5) is 16.9. The molecule has 32 heavy (non-hydrogen) atoms. The first kappa shape index (κ1) is 23.0. The maximum atomic E-state index is 14.1. The molecule has 0 aromatic heterocycles. The summed E-state index contributed by atoms with van der Waals surface area (Å²) in [7, 11) is 0. The Hall–Kier alpha value is -2.20. The van der Waals surface area contributed by atoms with Crippen molar-refractivity contribution in [2.45, 2.75) is 23.8 Å². The minimum Gasteiger partial charge on any atom is -0.465 e. The zero-order valence-corrected chi connectivity index (χ0v) is 18.2. The SMILES string of the molecule is O=C(O)N1CC(O)(c2ccc(C3=NOC(c4cc(Cl)c(Cl)c(Cl)c4)(C(F)(F)F)C3)cc2)C1. The number of halogens is 6. The van der Waals surface area contributed by atoms with E-state index < -0.39 is 29.9 Å². The lowest BCUT2D eigenvalue weighted by Crippen LogP contribution is -2.60. The molecule has 4 rings (SSSR count). The van der Waals surface area contributed by atoms with E-state index in [1.54, 1.807) is 0 Å². The molecule has 1 fully saturated rings. The molecule has 2 N–H and O–H groups in total. The average Bonchev–Trinajstić information content (AvgIpc) is 3.16. The molecular weight excluding hydrogens is 496 g/mol. The van der Waals surface area contributed by atoms with Crippen LogP contribution in [0.5, 0.6) is 0 Å². The Labute approximate surface area is 194 Å². The second-order valence-corrected chi connectivity index (χ2v) is 8.82. The third kappa shape index (κ3) is 3.67. The highest BCUT2D eigenvalue weighted by Gasteiger charge is 2.62. The van der Waals surface area contributed by atoms with Crippen molar-refractivity contribution in [2.24, 2.45) is 5.16 Å². The van der Waals surface area contributed by atoms with Crippen molar-refractivity contribution < 1.29 is 33.0 Å². The summed E-state index contributed by atoms with van der Waals surface area (Å²) in [6.45, 7) is -0.192. The molecule has 6 nitrogen and oxygen atoms in total. The molecule has 2 aliphatic heterocycles. The lowest BCUT2D eigenvalue weighted by Gasteiger charge is -2.45. The smallest absolute Gasteiger partial charge is 0.435 e. The summed E-state index contributed by atoms with van der Waals surface area (Å²) in [5.41, 5.74) is -3.66. The van der Waals surface area contributed by atoms with Crippen LogP contribution in [0, 0.1) is 0 Å². The second-order valence-electron chi connectivity index (χ2n) is 7.63. The number of hydrogen-bond acceptors (Lipinski definition) is 4. The minimum absolute atomic E-state index is 0.0313. The number of carboxylic acid groups (broad SMARTS) is 1. The van der Waals surface area contributed by atoms with Crippen LogP contribution in [-0.4, -0.2) is 46.2 Å². The topological polar surface area (TPSA) is 82.4 Å². The number of β-amino-alcohol motifs (C(OH)–C–C–N with tert-alkyl or cyclic N) is 1. The predicted molar refractivity (Wildman–Crippen MR) is 111 cm³/mol. The average molecular weight is 510 g/mol. The lowest BCUT2D eigenvalue weighted by atomic mass is 9.84. The molecule has 0 bridgehead atoms. The van der Waals surface area contributed by atoms with Gasteiger partial charge in [0.25, 0.3) is 5.60 Å². The Bertz CT molecular complexity index is 1100. The van der Waals surface area contributed by atoms with E-state index in [1.165, 1.54) is 24.3 Å². The Morgan fingerprint density at radius 3 is 2.12 bits per heavy atom. The summed E-state index contributed by atoms with van der Waals surface area (Å²) < 4.78 is 42.4. The molecule has 2 aromatic carbocycles. The number of hydrogen-bond donors (Lipinski definition) is 2. The summed E-state index contributed by atoms with van der Waals surface area (Å²) in [6, 6.07) is 8.11. The van der Waals surface area contributed by atoms with Gasteiger partial charge in [-0.15, -0.1) is 0 Å². The Morgan fingerprint density at radius 2 is 1.62 bits per heavy atom. The molecule has 2 aliphatic rings. The van der Waals surface area contributed by atoms with Crippen LogP contribution in [0.1, 0.15) is 23.1 Å². The van der Waals surface area contributed by atoms with E-state index in [-0.39, 0.29) is 39.4 Å². The Kier molecular flexibility index (Phi) is 5.52. The first-order valence-corrected chi connectivity index (χ1v) is 10.3. The van der Waals surface area contributed by atoms with E-state index in [4.69, 9.17) is 44.7 Å². The van der Waals surface area contributed by atoms with Gasteiger partial charge in [0.05, 0.1) is 33.9 Å². The summed E-state index contributed by atoms with van der Waals surface area (Å²) in [5.74, 6) is 0. The van der Waals surface area contributed by atoms with Crippen molar-refractivity contribution in [2.75, 3.05) is 13.1 Å². The standard InChI is InChI=1S/C20H14Cl3F3N2O4/c21-13-5-12(6-14(22)16(13)23)19(20(24,25)26)7-15(27-32-19)10-1-3-11(4-2-10)18(31)8-28(9-18)17(29)30/h1-6,31H,7-9H2,(H,29,30). The van der Waals surface area contributed by atoms with Crippen LogP contribution in [0.15, 0.2) is 41.6 Å². The lowest BCUT2D eigenvalue weighted by molar-refractivity contribution is -0.275. The normalized spacial score (nSPS) is 22.2. The molecule has 1 amide bonds. The Morgan fingerprint density at radius 1 is 1.06 bits per heavy atom. The highest BCUT2D eigenvalue weighted by Crippen LogP contribution is 2.50. The number of amides is 1. The monoisotopic (exact) mass is 508 g/mol. The number of alkyl halides is 3. The number of oxime groups is 1. The number of likely N-dealkylation sites (tertiary alicyclic amines) is 1. The van der Waals surface area contributed by atoms with Crippen LogP contribution < -0.4 is 0 Å². The fourth-order valence-electron chi connectivity index (χ4n) is 3.72. The molecule has 0 saturated carbocycles. The van der Waals surface area contributed by atoms with Gasteiger partial charge in [-0.05, 0) is 23.3 Å². The van der Waals surface area contributed by atoms with Crippen molar-refractivity contribution in [1.29, 1.82) is 0 Å². The Balaban J connectivity index is 1.60. The molecular formula is C20H14Cl3F3N2O4. The van der Waals surface area contributed by atoms with Gasteiger partial charge in [-0.1, -0.05) is 64.2 Å². The molecule has 170 valence electrons. The van der Waals surface area contributed by atoms with Gasteiger partial charge in [0.1, 0.15) is 5.60 Å². The summed E-state index contributed by atoms with van der Waals surface area (Å²) >= 11 is 17.7. The van der Waals surface area contributed by atoms with E-state index in [1.807, 2.05) is 0 Å². The van der Waals surface area contributed by atoms with Gasteiger partial charge in [-0.2, -0.15) is 13.2 Å². The van der Waals surface area contributed by atoms with Crippen molar-refractivity contribution in [3.8, 4) is 0 Å². The number of rotatable bonds is 3. The van der Waals surface area contributed by atoms with E-state index in [0.29, 0.717) is 11.1 Å². The number of nitrogens with zero attached hydrogens (tertiary/aromatic N) is 2. The molecule has 2 aromatic rings. The van der Waals surface area contributed by atoms with E-state index in [9.17, 15) is 23.1 Å². The fourth-order valence-corrected chi connectivity index (χ4v) is 4.32. The van der Waals surface area contributed by atoms with E-state index in [0.717, 1.165) is 17.0 Å². The van der Waals surface area contributed by atoms with Crippen molar-refractivity contribution >= 4 is 46.6 Å². The van der Waals surface area contributed by atoms with Crippen LogP contribution in [0.3, 0.4) is 0 Å². The zero-order valence-electron chi connectivity index (χ0n) is 16.0. The molecule has 12 heteroatoms. The largest absolute Gasteiger partial charge is 0.465 e. The van der Waals surface area contributed by atoms with Gasteiger partial charge in [0, 0.05) is 12.0 Å². The third-order valence-electron chi connectivity index (χ3n) is 5.57. The first-order chi connectivity index (χ1) is 14.9. The molecule has 0 aliphatic carbocycles. The second kappa shape index (κ2) is 7.69. The maximum absolute atomic E-state index is 14.1. The van der Waals surface area contributed by atoms with Crippen LogP contribution in [0.4, 0.5) is 18.0 Å².